The van der Waals surface area contributed by atoms with Crippen LogP contribution in [0.3, 0.4) is 0 Å². The van der Waals surface area contributed by atoms with Gasteiger partial charge in [-0.15, -0.1) is 11.8 Å². The van der Waals surface area contributed by atoms with Crippen molar-refractivity contribution in [3.05, 3.63) is 69.7 Å². The van der Waals surface area contributed by atoms with Crippen molar-refractivity contribution in [1.82, 2.24) is 10.2 Å². The van der Waals surface area contributed by atoms with Gasteiger partial charge in [0.05, 0.1) is 5.75 Å². The van der Waals surface area contributed by atoms with E-state index < -0.39 is 6.04 Å². The van der Waals surface area contributed by atoms with Crippen molar-refractivity contribution in [3.63, 3.8) is 0 Å². The molecule has 1 N–H and O–H groups in total. The third kappa shape index (κ3) is 7.25. The molecule has 0 heterocycles. The Kier molecular flexibility index (Phi) is 9.34. The fourth-order valence-corrected chi connectivity index (χ4v) is 4.14. The second kappa shape index (κ2) is 11.5. The standard InChI is InChI=1S/C22H26Cl2N2O2S/c1-15(2)25-22(28)16(3)26(12-18-19(23)10-7-11-20(18)24)21(27)14-29-13-17-8-5-4-6-9-17/h4-11,15-16H,12-14H2,1-3H3,(H,25,28)/t16-/m0/s1. The maximum atomic E-state index is 13.0. The summed E-state index contributed by atoms with van der Waals surface area (Å²) in [5.41, 5.74) is 1.79. The lowest BCUT2D eigenvalue weighted by Gasteiger charge is -2.30. The van der Waals surface area contributed by atoms with Crippen LogP contribution in [0.25, 0.3) is 0 Å². The number of carbonyl (C=O) groups is 2. The van der Waals surface area contributed by atoms with Gasteiger partial charge in [-0.05, 0) is 38.5 Å². The number of amides is 2. The summed E-state index contributed by atoms with van der Waals surface area (Å²) in [5.74, 6) is 0.647. The van der Waals surface area contributed by atoms with Crippen molar-refractivity contribution in [2.45, 2.75) is 45.2 Å². The van der Waals surface area contributed by atoms with Gasteiger partial charge in [-0.3, -0.25) is 9.59 Å². The zero-order valence-corrected chi connectivity index (χ0v) is 19.2. The molecule has 0 aromatic heterocycles. The van der Waals surface area contributed by atoms with Gasteiger partial charge in [0.2, 0.25) is 11.8 Å². The smallest absolute Gasteiger partial charge is 0.242 e. The Bertz CT molecular complexity index is 811. The molecule has 2 aromatic rings. The predicted molar refractivity (Wildman–Crippen MR) is 122 cm³/mol. The SMILES string of the molecule is CC(C)NC(=O)[C@H](C)N(Cc1c(Cl)cccc1Cl)C(=O)CSCc1ccccc1. The van der Waals surface area contributed by atoms with Gasteiger partial charge in [0.1, 0.15) is 6.04 Å². The summed E-state index contributed by atoms with van der Waals surface area (Å²) >= 11 is 14.1. The quantitative estimate of drug-likeness (QED) is 0.570. The summed E-state index contributed by atoms with van der Waals surface area (Å²) in [6, 6.07) is 14.5. The minimum atomic E-state index is -0.644. The molecule has 0 aliphatic carbocycles. The number of rotatable bonds is 9. The van der Waals surface area contributed by atoms with Crippen molar-refractivity contribution in [2.24, 2.45) is 0 Å². The number of nitrogens with zero attached hydrogens (tertiary/aromatic N) is 1. The highest BCUT2D eigenvalue weighted by atomic mass is 35.5. The number of benzene rings is 2. The van der Waals surface area contributed by atoms with Crippen LogP contribution in [-0.4, -0.2) is 34.6 Å². The average molecular weight is 453 g/mol. The highest BCUT2D eigenvalue weighted by Gasteiger charge is 2.27. The molecule has 1 atom stereocenters. The summed E-state index contributed by atoms with van der Waals surface area (Å²) in [6.07, 6.45) is 0. The molecular weight excluding hydrogens is 427 g/mol. The van der Waals surface area contributed by atoms with Gasteiger partial charge < -0.3 is 10.2 Å². The summed E-state index contributed by atoms with van der Waals surface area (Å²) < 4.78 is 0. The first-order chi connectivity index (χ1) is 13.8. The molecule has 0 fully saturated rings. The van der Waals surface area contributed by atoms with Crippen molar-refractivity contribution in [3.8, 4) is 0 Å². The molecule has 0 spiro atoms. The number of hydrogen-bond donors (Lipinski definition) is 1. The fraction of sp³-hybridized carbons (Fsp3) is 0.364. The summed E-state index contributed by atoms with van der Waals surface area (Å²) in [6.45, 7) is 5.67. The lowest BCUT2D eigenvalue weighted by Crippen LogP contribution is -2.49. The number of carbonyl (C=O) groups excluding carboxylic acids is 2. The molecule has 0 saturated heterocycles. The molecule has 29 heavy (non-hydrogen) atoms. The van der Waals surface area contributed by atoms with Crippen LogP contribution >= 0.6 is 35.0 Å². The van der Waals surface area contributed by atoms with Crippen molar-refractivity contribution >= 4 is 46.8 Å². The van der Waals surface area contributed by atoms with E-state index in [0.29, 0.717) is 15.6 Å². The normalized spacial score (nSPS) is 11.9. The first kappa shape index (κ1) is 23.6. The van der Waals surface area contributed by atoms with E-state index >= 15 is 0 Å². The molecular formula is C22H26Cl2N2O2S. The zero-order valence-electron chi connectivity index (χ0n) is 16.8. The Labute approximate surface area is 187 Å². The first-order valence-corrected chi connectivity index (χ1v) is 11.3. The van der Waals surface area contributed by atoms with Crippen LogP contribution in [0.4, 0.5) is 0 Å². The third-order valence-electron chi connectivity index (χ3n) is 4.33. The van der Waals surface area contributed by atoms with Gasteiger partial charge >= 0.3 is 0 Å². The van der Waals surface area contributed by atoms with E-state index in [1.807, 2.05) is 44.2 Å². The molecule has 0 saturated carbocycles. The summed E-state index contributed by atoms with van der Waals surface area (Å²) in [7, 11) is 0. The molecule has 0 aliphatic rings. The van der Waals surface area contributed by atoms with E-state index in [0.717, 1.165) is 11.3 Å². The maximum absolute atomic E-state index is 13.0. The largest absolute Gasteiger partial charge is 0.352 e. The fourth-order valence-electron chi connectivity index (χ4n) is 2.75. The van der Waals surface area contributed by atoms with Gasteiger partial charge in [-0.2, -0.15) is 0 Å². The van der Waals surface area contributed by atoms with E-state index in [1.54, 1.807) is 30.0 Å². The molecule has 4 nitrogen and oxygen atoms in total. The predicted octanol–water partition coefficient (Wildman–Crippen LogP) is 5.17. The number of halogens is 2. The molecule has 0 bridgehead atoms. The molecule has 0 aliphatic heterocycles. The molecule has 7 heteroatoms. The van der Waals surface area contributed by atoms with Crippen LogP contribution in [-0.2, 0) is 21.9 Å². The Balaban J connectivity index is 2.14. The highest BCUT2D eigenvalue weighted by molar-refractivity contribution is 7.99. The van der Waals surface area contributed by atoms with Crippen LogP contribution in [0.1, 0.15) is 31.9 Å². The van der Waals surface area contributed by atoms with Crippen LogP contribution in [0, 0.1) is 0 Å². The average Bonchev–Trinajstić information content (AvgIpc) is 2.67. The monoisotopic (exact) mass is 452 g/mol. The number of nitrogens with one attached hydrogen (secondary N) is 1. The van der Waals surface area contributed by atoms with E-state index in [2.05, 4.69) is 5.32 Å². The molecule has 2 rings (SSSR count). The first-order valence-electron chi connectivity index (χ1n) is 9.44. The summed E-state index contributed by atoms with van der Waals surface area (Å²) in [4.78, 5) is 27.2. The Morgan fingerprint density at radius 2 is 1.62 bits per heavy atom. The van der Waals surface area contributed by atoms with Gasteiger partial charge in [0.25, 0.3) is 0 Å². The van der Waals surface area contributed by atoms with E-state index in [9.17, 15) is 9.59 Å². The van der Waals surface area contributed by atoms with Crippen LogP contribution < -0.4 is 5.32 Å². The van der Waals surface area contributed by atoms with E-state index in [1.165, 1.54) is 11.8 Å². The minimum Gasteiger partial charge on any atom is -0.352 e. The van der Waals surface area contributed by atoms with E-state index in [-0.39, 0.29) is 30.2 Å². The van der Waals surface area contributed by atoms with Crippen molar-refractivity contribution < 1.29 is 9.59 Å². The Hall–Kier alpha value is -1.69. The molecule has 0 radical (unpaired) electrons. The molecule has 156 valence electrons. The molecule has 2 amide bonds. The zero-order chi connectivity index (χ0) is 21.4. The van der Waals surface area contributed by atoms with Gasteiger partial charge in [0, 0.05) is 33.9 Å². The highest BCUT2D eigenvalue weighted by Crippen LogP contribution is 2.27. The van der Waals surface area contributed by atoms with Gasteiger partial charge in [0.15, 0.2) is 0 Å². The van der Waals surface area contributed by atoms with Crippen LogP contribution in [0.2, 0.25) is 10.0 Å². The lowest BCUT2D eigenvalue weighted by atomic mass is 10.1. The van der Waals surface area contributed by atoms with Gasteiger partial charge in [-0.25, -0.2) is 0 Å². The lowest BCUT2D eigenvalue weighted by molar-refractivity contribution is -0.138. The van der Waals surface area contributed by atoms with Gasteiger partial charge in [-0.1, -0.05) is 59.6 Å². The maximum Gasteiger partial charge on any atom is 0.242 e. The molecule has 0 unspecified atom stereocenters. The summed E-state index contributed by atoms with van der Waals surface area (Å²) in [5, 5.41) is 3.82. The number of hydrogen-bond acceptors (Lipinski definition) is 3. The molecule has 2 aromatic carbocycles. The number of thioether (sulfide) groups is 1. The van der Waals surface area contributed by atoms with Crippen LogP contribution in [0.15, 0.2) is 48.5 Å². The second-order valence-corrected chi connectivity index (χ2v) is 8.84. The third-order valence-corrected chi connectivity index (χ3v) is 6.02. The topological polar surface area (TPSA) is 49.4 Å². The van der Waals surface area contributed by atoms with E-state index in [4.69, 9.17) is 23.2 Å². The minimum absolute atomic E-state index is 0.0155. The second-order valence-electron chi connectivity index (χ2n) is 7.04. The van der Waals surface area contributed by atoms with Crippen molar-refractivity contribution in [2.75, 3.05) is 5.75 Å². The Morgan fingerprint density at radius 1 is 1.00 bits per heavy atom. The Morgan fingerprint density at radius 3 is 2.21 bits per heavy atom. The van der Waals surface area contributed by atoms with Crippen molar-refractivity contribution in [1.29, 1.82) is 0 Å². The van der Waals surface area contributed by atoms with Crippen LogP contribution in [0.5, 0.6) is 0 Å².